The summed E-state index contributed by atoms with van der Waals surface area (Å²) in [5, 5.41) is 21.1. The van der Waals surface area contributed by atoms with Gasteiger partial charge in [0.05, 0.1) is 21.9 Å². The van der Waals surface area contributed by atoms with Gasteiger partial charge in [0.2, 0.25) is 5.95 Å². The predicted molar refractivity (Wildman–Crippen MR) is 119 cm³/mol. The summed E-state index contributed by atoms with van der Waals surface area (Å²) in [5.41, 5.74) is 2.52. The number of hydrogen-bond acceptors (Lipinski definition) is 7. The number of anilines is 1. The summed E-state index contributed by atoms with van der Waals surface area (Å²) in [6.45, 7) is 3.82. The average Bonchev–Trinajstić information content (AvgIpc) is 3.11. The van der Waals surface area contributed by atoms with Crippen molar-refractivity contribution in [2.24, 2.45) is 4.99 Å². The van der Waals surface area contributed by atoms with Gasteiger partial charge in [0.25, 0.3) is 5.69 Å². The van der Waals surface area contributed by atoms with Gasteiger partial charge in [-0.2, -0.15) is 0 Å². The molecule has 1 fully saturated rings. The van der Waals surface area contributed by atoms with Crippen LogP contribution in [0.4, 0.5) is 11.6 Å². The quantitative estimate of drug-likeness (QED) is 0.462. The fourth-order valence-electron chi connectivity index (χ4n) is 4.06. The van der Waals surface area contributed by atoms with Crippen LogP contribution in [0.3, 0.4) is 0 Å². The maximum Gasteiger partial charge on any atom is 0.278 e. The van der Waals surface area contributed by atoms with Crippen LogP contribution in [0.25, 0.3) is 5.69 Å². The van der Waals surface area contributed by atoms with Crippen LogP contribution in [0.1, 0.15) is 17.0 Å². The molecular weight excluding hydrogens is 418 g/mol. The van der Waals surface area contributed by atoms with E-state index in [0.29, 0.717) is 22.1 Å². The standard InChI is InChI=1S/C21H20ClN7O2/c1-26-8-10-27(11-9-26)21-25-24-19-13-23-20(15-4-2-3-5-18(15)29(30)31)16-12-14(22)6-7-17(16)28(19)21/h2-7,12H,8-11,13H2,1H3. The van der Waals surface area contributed by atoms with Gasteiger partial charge in [-0.25, -0.2) is 0 Å². The maximum atomic E-state index is 11.7. The van der Waals surface area contributed by atoms with E-state index < -0.39 is 0 Å². The Kier molecular flexibility index (Phi) is 4.91. The molecule has 5 rings (SSSR count). The zero-order chi connectivity index (χ0) is 21.5. The summed E-state index contributed by atoms with van der Waals surface area (Å²) in [7, 11) is 2.10. The lowest BCUT2D eigenvalue weighted by molar-refractivity contribution is -0.385. The van der Waals surface area contributed by atoms with E-state index >= 15 is 0 Å². The Balaban J connectivity index is 1.68. The van der Waals surface area contributed by atoms with E-state index in [1.165, 1.54) is 6.07 Å². The maximum absolute atomic E-state index is 11.7. The normalized spacial score (nSPS) is 16.3. The molecule has 2 aromatic carbocycles. The number of nitrogens with zero attached hydrogens (tertiary/aromatic N) is 7. The topological polar surface area (TPSA) is 92.7 Å². The van der Waals surface area contributed by atoms with E-state index in [1.807, 2.05) is 10.6 Å². The fraction of sp³-hybridized carbons (Fsp3) is 0.286. The molecule has 1 saturated heterocycles. The third kappa shape index (κ3) is 3.45. The van der Waals surface area contributed by atoms with E-state index in [1.54, 1.807) is 30.3 Å². The highest BCUT2D eigenvalue weighted by atomic mass is 35.5. The molecule has 0 saturated carbocycles. The van der Waals surface area contributed by atoms with Crippen molar-refractivity contribution in [2.45, 2.75) is 6.54 Å². The first-order valence-electron chi connectivity index (χ1n) is 9.99. The molecule has 1 aromatic heterocycles. The number of rotatable bonds is 3. The van der Waals surface area contributed by atoms with Crippen molar-refractivity contribution in [3.05, 3.63) is 74.6 Å². The largest absolute Gasteiger partial charge is 0.338 e. The van der Waals surface area contributed by atoms with Crippen LogP contribution < -0.4 is 4.90 Å². The Bertz CT molecular complexity index is 1200. The van der Waals surface area contributed by atoms with E-state index in [4.69, 9.17) is 16.6 Å². The molecule has 0 amide bonds. The summed E-state index contributed by atoms with van der Waals surface area (Å²) in [6, 6.07) is 12.1. The van der Waals surface area contributed by atoms with Crippen LogP contribution in [0.5, 0.6) is 0 Å². The first-order valence-corrected chi connectivity index (χ1v) is 10.4. The average molecular weight is 438 g/mol. The Labute approximate surface area is 183 Å². The van der Waals surface area contributed by atoms with Gasteiger partial charge < -0.3 is 9.80 Å². The summed E-state index contributed by atoms with van der Waals surface area (Å²) in [4.78, 5) is 20.5. The van der Waals surface area contributed by atoms with Gasteiger partial charge in [-0.1, -0.05) is 23.7 Å². The van der Waals surface area contributed by atoms with Crippen molar-refractivity contribution >= 4 is 28.9 Å². The minimum absolute atomic E-state index is 0.00383. The van der Waals surface area contributed by atoms with Crippen molar-refractivity contribution in [3.8, 4) is 5.69 Å². The van der Waals surface area contributed by atoms with Gasteiger partial charge in [-0.15, -0.1) is 10.2 Å². The number of aliphatic imine (C=N–C) groups is 1. The monoisotopic (exact) mass is 437 g/mol. The van der Waals surface area contributed by atoms with Gasteiger partial charge in [0.1, 0.15) is 6.54 Å². The number of aromatic nitrogens is 3. The number of nitro benzene ring substituents is 1. The highest BCUT2D eigenvalue weighted by Crippen LogP contribution is 2.33. The molecule has 3 aromatic rings. The number of para-hydroxylation sites is 1. The number of fused-ring (bicyclic) bond motifs is 3. The van der Waals surface area contributed by atoms with E-state index in [-0.39, 0.29) is 17.2 Å². The molecule has 2 aliphatic heterocycles. The molecule has 0 spiro atoms. The van der Waals surface area contributed by atoms with E-state index in [0.717, 1.165) is 43.4 Å². The van der Waals surface area contributed by atoms with Crippen molar-refractivity contribution < 1.29 is 4.92 Å². The molecule has 0 radical (unpaired) electrons. The van der Waals surface area contributed by atoms with Crippen LogP contribution >= 0.6 is 11.6 Å². The number of nitro groups is 1. The number of halogens is 1. The number of benzene rings is 2. The Morgan fingerprint density at radius 1 is 1.03 bits per heavy atom. The third-order valence-electron chi connectivity index (χ3n) is 5.69. The van der Waals surface area contributed by atoms with Crippen LogP contribution in [0.15, 0.2) is 47.5 Å². The highest BCUT2D eigenvalue weighted by molar-refractivity contribution is 6.31. The zero-order valence-electron chi connectivity index (χ0n) is 16.9. The van der Waals surface area contributed by atoms with E-state index in [2.05, 4.69) is 27.0 Å². The second kappa shape index (κ2) is 7.75. The lowest BCUT2D eigenvalue weighted by Crippen LogP contribution is -2.45. The smallest absolute Gasteiger partial charge is 0.278 e. The molecule has 2 aliphatic rings. The van der Waals surface area contributed by atoms with Crippen molar-refractivity contribution in [1.82, 2.24) is 19.7 Å². The summed E-state index contributed by atoms with van der Waals surface area (Å²) in [6.07, 6.45) is 0. The lowest BCUT2D eigenvalue weighted by Gasteiger charge is -2.33. The van der Waals surface area contributed by atoms with Crippen molar-refractivity contribution in [3.63, 3.8) is 0 Å². The van der Waals surface area contributed by atoms with Gasteiger partial charge in [0.15, 0.2) is 5.82 Å². The lowest BCUT2D eigenvalue weighted by atomic mass is 9.99. The molecule has 0 bridgehead atoms. The first-order chi connectivity index (χ1) is 15.0. The zero-order valence-corrected chi connectivity index (χ0v) is 17.7. The summed E-state index contributed by atoms with van der Waals surface area (Å²) >= 11 is 6.35. The molecule has 158 valence electrons. The highest BCUT2D eigenvalue weighted by Gasteiger charge is 2.29. The Morgan fingerprint density at radius 3 is 2.58 bits per heavy atom. The minimum Gasteiger partial charge on any atom is -0.338 e. The van der Waals surface area contributed by atoms with Crippen LogP contribution in [0, 0.1) is 10.1 Å². The number of piperazine rings is 1. The van der Waals surface area contributed by atoms with Crippen LogP contribution in [-0.2, 0) is 6.54 Å². The molecular formula is C21H20ClN7O2. The molecule has 10 heteroatoms. The second-order valence-electron chi connectivity index (χ2n) is 7.64. The molecule has 0 unspecified atom stereocenters. The predicted octanol–water partition coefficient (Wildman–Crippen LogP) is 2.93. The molecule has 0 N–H and O–H groups in total. The first kappa shape index (κ1) is 19.7. The van der Waals surface area contributed by atoms with Crippen LogP contribution in [-0.4, -0.2) is 63.5 Å². The molecule has 9 nitrogen and oxygen atoms in total. The summed E-state index contributed by atoms with van der Waals surface area (Å²) in [5.74, 6) is 1.44. The van der Waals surface area contributed by atoms with E-state index in [9.17, 15) is 10.1 Å². The molecule has 0 atom stereocenters. The third-order valence-corrected chi connectivity index (χ3v) is 5.92. The Hall–Kier alpha value is -3.30. The molecule has 3 heterocycles. The fourth-order valence-corrected chi connectivity index (χ4v) is 4.23. The van der Waals surface area contributed by atoms with Crippen molar-refractivity contribution in [1.29, 1.82) is 0 Å². The number of hydrogen-bond donors (Lipinski definition) is 0. The Morgan fingerprint density at radius 2 is 1.81 bits per heavy atom. The van der Waals surface area contributed by atoms with Gasteiger partial charge in [-0.3, -0.25) is 19.7 Å². The SMILES string of the molecule is CN1CCN(c2nnc3n2-c2ccc(Cl)cc2C(c2ccccc2[N+](=O)[O-])=NC3)CC1. The second-order valence-corrected chi connectivity index (χ2v) is 8.08. The molecule has 0 aliphatic carbocycles. The molecule has 31 heavy (non-hydrogen) atoms. The van der Waals surface area contributed by atoms with Crippen molar-refractivity contribution in [2.75, 3.05) is 38.1 Å². The number of likely N-dealkylation sites (N-methyl/N-ethyl adjacent to an activating group) is 1. The minimum atomic E-state index is -0.386. The van der Waals surface area contributed by atoms with Gasteiger partial charge in [-0.05, 0) is 31.3 Å². The van der Waals surface area contributed by atoms with Gasteiger partial charge in [0, 0.05) is 42.8 Å². The summed E-state index contributed by atoms with van der Waals surface area (Å²) < 4.78 is 2.00. The van der Waals surface area contributed by atoms with Gasteiger partial charge >= 0.3 is 0 Å². The van der Waals surface area contributed by atoms with Crippen LogP contribution in [0.2, 0.25) is 5.02 Å².